The smallest absolute Gasteiger partial charge is 0.410 e. The summed E-state index contributed by atoms with van der Waals surface area (Å²) in [5.74, 6) is -3.56. The number of likely N-dealkylation sites (N-methyl/N-ethyl adjacent to an activating group) is 1. The second-order valence-corrected chi connectivity index (χ2v) is 21.5. The standard InChI is InChI=1S/C57H78FN7O11.BrH/c1-37(2)53(61-49(67)11-9-8-10-22-64-50(68)20-21-51(64)69)56(72)59-41(6)55(71)60-45-16-14-42(15-17-45)36-65(7)27-23-63(24-28-65)57(73)75-48-19-13-39(4)54(76-52(70)35-47(66)18-12-38(48)3)40(5)31-43-32-44(58)34-46(33-43)62-25-29-74-30-26-62;/h13-17,19-21,31-34,37-39,41,47-48,53-54,66H,8-12,18,22-30,35-36H2,1-7H3,(H2-,59,60,61,67,71,72);1H/b19-13+,40-31+;/t38-,39-,41?,47+,48-,53?,54-;/m0./s1. The number of morpholine rings is 1. The minimum atomic E-state index is -0.944. The Morgan fingerprint density at radius 1 is 0.883 bits per heavy atom. The van der Waals surface area contributed by atoms with Gasteiger partial charge in [0.2, 0.25) is 17.7 Å². The van der Waals surface area contributed by atoms with Gasteiger partial charge in [-0.05, 0) is 98.9 Å². The minimum absolute atomic E-state index is 0. The molecule has 2 saturated heterocycles. The number of hydrogen-bond acceptors (Lipinski definition) is 12. The van der Waals surface area contributed by atoms with Crippen LogP contribution in [0.3, 0.4) is 0 Å². The van der Waals surface area contributed by atoms with Crippen molar-refractivity contribution in [3.05, 3.63) is 89.3 Å². The van der Waals surface area contributed by atoms with Gasteiger partial charge in [-0.1, -0.05) is 58.4 Å². The van der Waals surface area contributed by atoms with E-state index in [0.717, 1.165) is 11.3 Å². The Balaban J connectivity index is 0.0000109. The maximum absolute atomic E-state index is 14.9. The first-order chi connectivity index (χ1) is 36.2. The number of piperazine rings is 1. The van der Waals surface area contributed by atoms with Gasteiger partial charge in [-0.2, -0.15) is 0 Å². The Morgan fingerprint density at radius 3 is 2.22 bits per heavy atom. The second-order valence-electron chi connectivity index (χ2n) is 21.5. The van der Waals surface area contributed by atoms with Crippen LogP contribution in [-0.4, -0.2) is 157 Å². The lowest BCUT2D eigenvalue weighted by atomic mass is 9.91. The lowest BCUT2D eigenvalue weighted by Gasteiger charge is -2.42. The van der Waals surface area contributed by atoms with Crippen molar-refractivity contribution in [3.8, 4) is 0 Å². The summed E-state index contributed by atoms with van der Waals surface area (Å²) < 4.78 is 33.3. The summed E-state index contributed by atoms with van der Waals surface area (Å²) in [5.41, 5.74) is 3.65. The number of aliphatic hydroxyl groups is 1. The Morgan fingerprint density at radius 2 is 1.56 bits per heavy atom. The fraction of sp³-hybridized carbons (Fsp3) is 0.561. The number of nitrogens with zero attached hydrogens (tertiary/aromatic N) is 4. The van der Waals surface area contributed by atoms with Crippen molar-refractivity contribution >= 4 is 59.0 Å². The fourth-order valence-corrected chi connectivity index (χ4v) is 9.88. The van der Waals surface area contributed by atoms with Gasteiger partial charge in [0.15, 0.2) is 0 Å². The first-order valence-electron chi connectivity index (χ1n) is 26.9. The number of aliphatic hydroxyl groups excluding tert-OH is 1. The van der Waals surface area contributed by atoms with Crippen LogP contribution < -0.4 is 37.8 Å². The zero-order valence-corrected chi connectivity index (χ0v) is 47.2. The number of benzene rings is 2. The van der Waals surface area contributed by atoms with E-state index in [1.54, 1.807) is 25.7 Å². The van der Waals surface area contributed by atoms with Gasteiger partial charge >= 0.3 is 12.1 Å². The van der Waals surface area contributed by atoms with Gasteiger partial charge in [0.25, 0.3) is 11.8 Å². The number of carbonyl (C=O) groups excluding carboxylic acids is 7. The molecule has 0 bridgehead atoms. The van der Waals surface area contributed by atoms with Crippen molar-refractivity contribution in [2.45, 2.75) is 123 Å². The molecule has 77 heavy (non-hydrogen) atoms. The fourth-order valence-electron chi connectivity index (χ4n) is 9.88. The number of anilines is 2. The lowest BCUT2D eigenvalue weighted by Crippen LogP contribution is -3.00. The molecule has 7 atom stereocenters. The van der Waals surface area contributed by atoms with Crippen LogP contribution in [0, 0.1) is 23.6 Å². The van der Waals surface area contributed by atoms with Crippen molar-refractivity contribution in [1.82, 2.24) is 20.4 Å². The van der Waals surface area contributed by atoms with Crippen molar-refractivity contribution in [1.29, 1.82) is 0 Å². The zero-order valence-electron chi connectivity index (χ0n) is 45.6. The van der Waals surface area contributed by atoms with Crippen LogP contribution in [0.1, 0.15) is 97.6 Å². The van der Waals surface area contributed by atoms with Crippen LogP contribution in [0.4, 0.5) is 20.6 Å². The highest BCUT2D eigenvalue weighted by molar-refractivity contribution is 6.12. The molecule has 2 unspecified atom stereocenters. The quantitative estimate of drug-likeness (QED) is 0.0558. The van der Waals surface area contributed by atoms with E-state index in [0.29, 0.717) is 112 Å². The van der Waals surface area contributed by atoms with Crippen molar-refractivity contribution < 1.29 is 78.7 Å². The number of quaternary nitrogens is 1. The number of carbonyl (C=O) groups is 7. The Labute approximate surface area is 463 Å². The third-order valence-corrected chi connectivity index (χ3v) is 14.7. The lowest BCUT2D eigenvalue weighted by molar-refractivity contribution is -0.926. The van der Waals surface area contributed by atoms with Gasteiger partial charge in [0, 0.05) is 61.1 Å². The molecule has 18 nitrogen and oxygen atoms in total. The molecule has 6 amide bonds. The molecule has 2 aromatic rings. The molecule has 0 radical (unpaired) electrons. The van der Waals surface area contributed by atoms with Gasteiger partial charge in [0.1, 0.15) is 36.7 Å². The van der Waals surface area contributed by atoms with E-state index in [1.165, 1.54) is 29.2 Å². The number of amides is 6. The van der Waals surface area contributed by atoms with Crippen LogP contribution in [-0.2, 0) is 49.5 Å². The molecule has 2 aromatic carbocycles. The number of hydrogen-bond donors (Lipinski definition) is 4. The number of unbranched alkanes of at least 4 members (excludes halogenated alkanes) is 2. The first-order valence-corrected chi connectivity index (χ1v) is 26.9. The summed E-state index contributed by atoms with van der Waals surface area (Å²) >= 11 is 0. The molecular weight excluding hydrogens is 1060 g/mol. The van der Waals surface area contributed by atoms with Crippen LogP contribution >= 0.6 is 0 Å². The SMILES string of the molecule is C/C(=C\c1cc(F)cc(N2CCOCC2)c1)[C@H]1OC(=O)C[C@H](O)CC[C@H](C)[C@@H](OC(=O)N2CC[N+](C)(Cc3ccc(NC(=O)C(C)NC(=O)C(NC(=O)CCCCCN4C(=O)C=CC4=O)C(C)C)cc3)CC2)/C=C/[C@@H]1C.[Br-]. The topological polar surface area (TPSA) is 213 Å². The number of halogens is 2. The highest BCUT2D eigenvalue weighted by Crippen LogP contribution is 2.28. The van der Waals surface area contributed by atoms with Crippen molar-refractivity contribution in [2.75, 3.05) is 76.3 Å². The van der Waals surface area contributed by atoms with Gasteiger partial charge in [-0.3, -0.25) is 38.6 Å². The number of esters is 1. The van der Waals surface area contributed by atoms with Gasteiger partial charge in [-0.25, -0.2) is 9.18 Å². The molecule has 0 aromatic heterocycles. The number of rotatable bonds is 18. The molecule has 422 valence electrons. The molecule has 0 aliphatic carbocycles. The Kier molecular flexibility index (Phi) is 23.4. The molecule has 4 aliphatic heterocycles. The van der Waals surface area contributed by atoms with E-state index in [4.69, 9.17) is 14.2 Å². The van der Waals surface area contributed by atoms with E-state index < -0.39 is 54.3 Å². The largest absolute Gasteiger partial charge is 1.00 e. The van der Waals surface area contributed by atoms with E-state index in [-0.39, 0.29) is 77.7 Å². The van der Waals surface area contributed by atoms with Crippen molar-refractivity contribution in [2.24, 2.45) is 17.8 Å². The van der Waals surface area contributed by atoms with E-state index in [2.05, 4.69) is 27.9 Å². The van der Waals surface area contributed by atoms with Crippen LogP contribution in [0.15, 0.2) is 72.3 Å². The minimum Gasteiger partial charge on any atom is -1.00 e. The molecule has 0 saturated carbocycles. The highest BCUT2D eigenvalue weighted by atomic mass is 79.9. The second kappa shape index (κ2) is 29.1. The Hall–Kier alpha value is -5.96. The molecule has 2 fully saturated rings. The summed E-state index contributed by atoms with van der Waals surface area (Å²) in [6.07, 6.45) is 7.83. The summed E-state index contributed by atoms with van der Waals surface area (Å²) in [5, 5.41) is 19.2. The summed E-state index contributed by atoms with van der Waals surface area (Å²) in [4.78, 5) is 94.6. The number of nitrogens with one attached hydrogen (secondary N) is 3. The third-order valence-electron chi connectivity index (χ3n) is 14.7. The summed E-state index contributed by atoms with van der Waals surface area (Å²) in [6, 6.07) is 10.6. The van der Waals surface area contributed by atoms with E-state index in [9.17, 15) is 43.1 Å². The summed E-state index contributed by atoms with van der Waals surface area (Å²) in [7, 11) is 2.14. The van der Waals surface area contributed by atoms with Crippen molar-refractivity contribution in [3.63, 3.8) is 0 Å². The van der Waals surface area contributed by atoms with Gasteiger partial charge < -0.3 is 61.6 Å². The normalized spacial score (nSPS) is 23.4. The molecule has 4 aliphatic rings. The highest BCUT2D eigenvalue weighted by Gasteiger charge is 2.35. The molecule has 20 heteroatoms. The van der Waals surface area contributed by atoms with Crippen LogP contribution in [0.5, 0.6) is 0 Å². The average Bonchev–Trinajstić information content (AvgIpc) is 3.70. The Bertz CT molecular complexity index is 2460. The van der Waals surface area contributed by atoms with Gasteiger partial charge in [-0.15, -0.1) is 0 Å². The summed E-state index contributed by atoms with van der Waals surface area (Å²) in [6.45, 7) is 16.6. The molecule has 4 heterocycles. The van der Waals surface area contributed by atoms with E-state index >= 15 is 0 Å². The van der Waals surface area contributed by atoms with Gasteiger partial charge in [0.05, 0.1) is 59.0 Å². The van der Waals surface area contributed by atoms with E-state index in [1.807, 2.05) is 69.3 Å². The zero-order chi connectivity index (χ0) is 55.1. The molecular formula is C57H79BrFN7O11. The number of cyclic esters (lactones) is 1. The number of imide groups is 1. The predicted molar refractivity (Wildman–Crippen MR) is 286 cm³/mol. The molecule has 6 rings (SSSR count). The van der Waals surface area contributed by atoms with Crippen LogP contribution in [0.2, 0.25) is 0 Å². The molecule has 0 spiro atoms. The predicted octanol–water partition coefficient (Wildman–Crippen LogP) is 2.89. The monoisotopic (exact) mass is 1140 g/mol. The molecule has 4 N–H and O–H groups in total. The maximum Gasteiger partial charge on any atom is 0.410 e. The maximum atomic E-state index is 14.9. The average molecular weight is 1140 g/mol. The van der Waals surface area contributed by atoms with Crippen LogP contribution in [0.25, 0.3) is 6.08 Å². The first kappa shape index (κ1) is 61.9. The third kappa shape index (κ3) is 18.6. The number of ether oxygens (including phenoxy) is 3.